The van der Waals surface area contributed by atoms with E-state index in [1.807, 2.05) is 6.92 Å². The van der Waals surface area contributed by atoms with Gasteiger partial charge in [-0.25, -0.2) is 8.42 Å². The number of aryl methyl sites for hydroxylation is 2. The molecular formula is C13H16ClN3O2S. The van der Waals surface area contributed by atoms with E-state index in [1.54, 1.807) is 17.8 Å². The predicted octanol–water partition coefficient (Wildman–Crippen LogP) is 2.19. The summed E-state index contributed by atoms with van der Waals surface area (Å²) in [6.45, 7) is 1.97. The zero-order chi connectivity index (χ0) is 14.9. The Hall–Kier alpha value is -1.53. The Balaban J connectivity index is 2.38. The van der Waals surface area contributed by atoms with Gasteiger partial charge in [0.25, 0.3) is 0 Å². The van der Waals surface area contributed by atoms with E-state index in [1.165, 1.54) is 18.2 Å². The van der Waals surface area contributed by atoms with E-state index in [2.05, 4.69) is 5.10 Å². The Bertz CT molecular complexity index is 738. The van der Waals surface area contributed by atoms with E-state index in [-0.39, 0.29) is 15.7 Å². The van der Waals surface area contributed by atoms with Gasteiger partial charge in [0, 0.05) is 12.7 Å². The molecule has 0 aliphatic carbocycles. The Morgan fingerprint density at radius 1 is 1.35 bits per heavy atom. The smallest absolute Gasteiger partial charge is 0.185 e. The standard InChI is InChI=1S/C13H16ClN3O2S/c1-3-10-7-11(17(2)16-10)8-20(18,19)13-5-4-9(15)6-12(13)14/h4-7H,3,8,15H2,1-2H3. The monoisotopic (exact) mass is 313 g/mol. The number of nitrogens with zero attached hydrogens (tertiary/aromatic N) is 2. The fourth-order valence-corrected chi connectivity index (χ4v) is 3.91. The quantitative estimate of drug-likeness (QED) is 0.878. The first kappa shape index (κ1) is 14.9. The number of nitrogen functional groups attached to an aromatic ring is 1. The van der Waals surface area contributed by atoms with Crippen LogP contribution in [0.4, 0.5) is 5.69 Å². The predicted molar refractivity (Wildman–Crippen MR) is 79.3 cm³/mol. The average molecular weight is 314 g/mol. The molecular weight excluding hydrogens is 298 g/mol. The van der Waals surface area contributed by atoms with Crippen molar-refractivity contribution >= 4 is 27.1 Å². The number of aromatic nitrogens is 2. The zero-order valence-corrected chi connectivity index (χ0v) is 12.9. The fraction of sp³-hybridized carbons (Fsp3) is 0.308. The summed E-state index contributed by atoms with van der Waals surface area (Å²) in [4.78, 5) is 0.0904. The second kappa shape index (κ2) is 5.46. The normalized spacial score (nSPS) is 11.8. The van der Waals surface area contributed by atoms with Crippen LogP contribution in [0.25, 0.3) is 0 Å². The van der Waals surface area contributed by atoms with Gasteiger partial charge >= 0.3 is 0 Å². The van der Waals surface area contributed by atoms with Gasteiger partial charge in [0.1, 0.15) is 0 Å². The van der Waals surface area contributed by atoms with Crippen molar-refractivity contribution in [3.05, 3.63) is 40.7 Å². The highest BCUT2D eigenvalue weighted by atomic mass is 35.5. The third-order valence-electron chi connectivity index (χ3n) is 3.02. The number of sulfone groups is 1. The number of nitrogens with two attached hydrogens (primary N) is 1. The van der Waals surface area contributed by atoms with E-state index in [9.17, 15) is 8.42 Å². The molecule has 0 radical (unpaired) electrons. The zero-order valence-electron chi connectivity index (χ0n) is 11.3. The summed E-state index contributed by atoms with van der Waals surface area (Å²) >= 11 is 5.97. The maximum absolute atomic E-state index is 12.4. The number of rotatable bonds is 4. The molecule has 0 atom stereocenters. The Kier molecular flexibility index (Phi) is 4.06. The van der Waals surface area contributed by atoms with Gasteiger partial charge in [0.15, 0.2) is 9.84 Å². The molecule has 1 aromatic heterocycles. The molecule has 0 saturated carbocycles. The SMILES string of the molecule is CCc1cc(CS(=O)(=O)c2ccc(N)cc2Cl)n(C)n1. The molecule has 108 valence electrons. The van der Waals surface area contributed by atoms with Crippen LogP contribution in [0.2, 0.25) is 5.02 Å². The molecule has 1 heterocycles. The molecule has 0 amide bonds. The highest BCUT2D eigenvalue weighted by Crippen LogP contribution is 2.26. The van der Waals surface area contributed by atoms with Gasteiger partial charge in [0.2, 0.25) is 0 Å². The summed E-state index contributed by atoms with van der Waals surface area (Å²) in [5.41, 5.74) is 7.50. The van der Waals surface area contributed by atoms with Gasteiger partial charge in [-0.3, -0.25) is 4.68 Å². The lowest BCUT2D eigenvalue weighted by atomic mass is 10.3. The molecule has 2 rings (SSSR count). The second-order valence-electron chi connectivity index (χ2n) is 4.55. The van der Waals surface area contributed by atoms with E-state index in [0.29, 0.717) is 11.4 Å². The Morgan fingerprint density at radius 2 is 2.05 bits per heavy atom. The number of benzene rings is 1. The first-order chi connectivity index (χ1) is 9.33. The summed E-state index contributed by atoms with van der Waals surface area (Å²) in [5.74, 6) is -0.139. The number of hydrogen-bond donors (Lipinski definition) is 1. The molecule has 0 aliphatic rings. The molecule has 0 aliphatic heterocycles. The largest absolute Gasteiger partial charge is 0.399 e. The highest BCUT2D eigenvalue weighted by Gasteiger charge is 2.21. The minimum absolute atomic E-state index is 0.0904. The number of hydrogen-bond acceptors (Lipinski definition) is 4. The molecule has 2 N–H and O–H groups in total. The minimum atomic E-state index is -3.53. The topological polar surface area (TPSA) is 78.0 Å². The van der Waals surface area contributed by atoms with Gasteiger partial charge < -0.3 is 5.73 Å². The molecule has 0 fully saturated rings. The van der Waals surface area contributed by atoms with Crippen LogP contribution in [0.1, 0.15) is 18.3 Å². The summed E-state index contributed by atoms with van der Waals surface area (Å²) in [5, 5.41) is 4.38. The van der Waals surface area contributed by atoms with Gasteiger partial charge in [-0.2, -0.15) is 5.10 Å². The molecule has 1 aromatic carbocycles. The molecule has 0 saturated heterocycles. The lowest BCUT2D eigenvalue weighted by molar-refractivity contribution is 0.591. The van der Waals surface area contributed by atoms with Crippen molar-refractivity contribution in [3.8, 4) is 0 Å². The second-order valence-corrected chi connectivity index (χ2v) is 6.92. The van der Waals surface area contributed by atoms with Crippen molar-refractivity contribution in [2.45, 2.75) is 24.0 Å². The molecule has 0 spiro atoms. The summed E-state index contributed by atoms with van der Waals surface area (Å²) in [6, 6.07) is 6.20. The molecule has 0 bridgehead atoms. The van der Waals surface area contributed by atoms with Gasteiger partial charge in [-0.05, 0) is 30.7 Å². The van der Waals surface area contributed by atoms with E-state index in [4.69, 9.17) is 17.3 Å². The summed E-state index contributed by atoms with van der Waals surface area (Å²) < 4.78 is 26.4. The maximum Gasteiger partial charge on any atom is 0.185 e. The van der Waals surface area contributed by atoms with E-state index < -0.39 is 9.84 Å². The van der Waals surface area contributed by atoms with Crippen LogP contribution >= 0.6 is 11.6 Å². The maximum atomic E-state index is 12.4. The average Bonchev–Trinajstić information content (AvgIpc) is 2.69. The van der Waals surface area contributed by atoms with Gasteiger partial charge in [0.05, 0.1) is 27.1 Å². The fourth-order valence-electron chi connectivity index (χ4n) is 1.92. The molecule has 5 nitrogen and oxygen atoms in total. The van der Waals surface area contributed by atoms with Crippen LogP contribution in [0.5, 0.6) is 0 Å². The van der Waals surface area contributed by atoms with Crippen molar-refractivity contribution < 1.29 is 8.42 Å². The molecule has 20 heavy (non-hydrogen) atoms. The van der Waals surface area contributed by atoms with E-state index >= 15 is 0 Å². The van der Waals surface area contributed by atoms with Gasteiger partial charge in [-0.15, -0.1) is 0 Å². The van der Waals surface area contributed by atoms with Crippen molar-refractivity contribution in [2.75, 3.05) is 5.73 Å². The first-order valence-electron chi connectivity index (χ1n) is 6.13. The van der Waals surface area contributed by atoms with Crippen LogP contribution in [-0.2, 0) is 29.1 Å². The molecule has 7 heteroatoms. The van der Waals surface area contributed by atoms with Crippen molar-refractivity contribution in [3.63, 3.8) is 0 Å². The summed E-state index contributed by atoms with van der Waals surface area (Å²) in [6.07, 6.45) is 0.760. The third-order valence-corrected chi connectivity index (χ3v) is 5.15. The van der Waals surface area contributed by atoms with Crippen molar-refractivity contribution in [1.82, 2.24) is 9.78 Å². The van der Waals surface area contributed by atoms with Crippen LogP contribution in [0.3, 0.4) is 0 Å². The third kappa shape index (κ3) is 2.96. The Morgan fingerprint density at radius 3 is 2.60 bits per heavy atom. The Labute approximate surface area is 123 Å². The van der Waals surface area contributed by atoms with Crippen molar-refractivity contribution in [1.29, 1.82) is 0 Å². The lowest BCUT2D eigenvalue weighted by Crippen LogP contribution is -2.09. The van der Waals surface area contributed by atoms with E-state index in [0.717, 1.165) is 12.1 Å². The first-order valence-corrected chi connectivity index (χ1v) is 8.16. The lowest BCUT2D eigenvalue weighted by Gasteiger charge is -2.07. The highest BCUT2D eigenvalue weighted by molar-refractivity contribution is 7.90. The minimum Gasteiger partial charge on any atom is -0.399 e. The van der Waals surface area contributed by atoms with Crippen LogP contribution < -0.4 is 5.73 Å². The van der Waals surface area contributed by atoms with Crippen LogP contribution in [0.15, 0.2) is 29.2 Å². The summed E-state index contributed by atoms with van der Waals surface area (Å²) in [7, 11) is -1.80. The number of halogens is 1. The van der Waals surface area contributed by atoms with Crippen LogP contribution in [0, 0.1) is 0 Å². The van der Waals surface area contributed by atoms with Gasteiger partial charge in [-0.1, -0.05) is 18.5 Å². The number of anilines is 1. The molecule has 2 aromatic rings. The van der Waals surface area contributed by atoms with Crippen LogP contribution in [-0.4, -0.2) is 18.2 Å². The van der Waals surface area contributed by atoms with Crippen molar-refractivity contribution in [2.24, 2.45) is 7.05 Å². The molecule has 0 unspecified atom stereocenters.